The Labute approximate surface area is 100 Å². The highest BCUT2D eigenvalue weighted by molar-refractivity contribution is 5.70. The quantitative estimate of drug-likeness (QED) is 0.764. The molecule has 1 N–H and O–H groups in total. The van der Waals surface area contributed by atoms with Crippen LogP contribution in [0.5, 0.6) is 0 Å². The third-order valence-corrected chi connectivity index (χ3v) is 3.39. The van der Waals surface area contributed by atoms with E-state index in [1.54, 1.807) is 4.90 Å². The smallest absolute Gasteiger partial charge is 0.409 e. The van der Waals surface area contributed by atoms with Crippen LogP contribution in [-0.2, 0) is 9.53 Å². The number of aliphatic carboxylic acids is 1. The topological polar surface area (TPSA) is 70.1 Å². The second kappa shape index (κ2) is 5.35. The van der Waals surface area contributed by atoms with Crippen LogP contribution in [0.4, 0.5) is 4.79 Å². The SMILES string of the molecule is O=C(O)C1CCCN(CCN2CCOC2=O)C1. The zero-order chi connectivity index (χ0) is 12.3. The summed E-state index contributed by atoms with van der Waals surface area (Å²) >= 11 is 0. The van der Waals surface area contributed by atoms with E-state index in [4.69, 9.17) is 9.84 Å². The highest BCUT2D eigenvalue weighted by Gasteiger charge is 2.27. The Bertz CT molecular complexity index is 308. The molecule has 1 atom stereocenters. The van der Waals surface area contributed by atoms with Crippen molar-refractivity contribution in [2.45, 2.75) is 12.8 Å². The Hall–Kier alpha value is -1.30. The first-order valence-electron chi connectivity index (χ1n) is 6.03. The van der Waals surface area contributed by atoms with Gasteiger partial charge in [0.15, 0.2) is 0 Å². The van der Waals surface area contributed by atoms with Crippen molar-refractivity contribution in [2.24, 2.45) is 5.92 Å². The molecule has 0 radical (unpaired) electrons. The average molecular weight is 242 g/mol. The van der Waals surface area contributed by atoms with Crippen LogP contribution in [0.3, 0.4) is 0 Å². The molecule has 6 heteroatoms. The Morgan fingerprint density at radius 3 is 2.88 bits per heavy atom. The zero-order valence-corrected chi connectivity index (χ0v) is 9.80. The number of rotatable bonds is 4. The predicted octanol–water partition coefficient (Wildman–Crippen LogP) is 0.235. The molecule has 0 aromatic rings. The van der Waals surface area contributed by atoms with Gasteiger partial charge in [-0.2, -0.15) is 0 Å². The number of ether oxygens (including phenoxy) is 1. The number of hydrogen-bond donors (Lipinski definition) is 1. The molecule has 1 amide bonds. The minimum atomic E-state index is -0.713. The van der Waals surface area contributed by atoms with Crippen molar-refractivity contribution >= 4 is 12.1 Å². The van der Waals surface area contributed by atoms with Gasteiger partial charge in [-0.3, -0.25) is 4.79 Å². The van der Waals surface area contributed by atoms with Crippen LogP contribution in [-0.4, -0.2) is 66.3 Å². The summed E-state index contributed by atoms with van der Waals surface area (Å²) in [6.45, 7) is 4.00. The molecule has 96 valence electrons. The number of carboxylic acid groups (broad SMARTS) is 1. The van der Waals surface area contributed by atoms with Crippen LogP contribution < -0.4 is 0 Å². The van der Waals surface area contributed by atoms with Crippen LogP contribution in [0.1, 0.15) is 12.8 Å². The van der Waals surface area contributed by atoms with Crippen LogP contribution >= 0.6 is 0 Å². The summed E-state index contributed by atoms with van der Waals surface area (Å²) < 4.78 is 4.84. The van der Waals surface area contributed by atoms with Crippen molar-refractivity contribution in [3.63, 3.8) is 0 Å². The molecule has 0 spiro atoms. The van der Waals surface area contributed by atoms with Gasteiger partial charge in [0.1, 0.15) is 6.61 Å². The van der Waals surface area contributed by atoms with Crippen molar-refractivity contribution in [3.05, 3.63) is 0 Å². The molecular weight excluding hydrogens is 224 g/mol. The fourth-order valence-corrected chi connectivity index (χ4v) is 2.35. The fourth-order valence-electron chi connectivity index (χ4n) is 2.35. The molecule has 2 rings (SSSR count). The fraction of sp³-hybridized carbons (Fsp3) is 0.818. The molecule has 0 bridgehead atoms. The number of carboxylic acids is 1. The molecule has 2 fully saturated rings. The van der Waals surface area contributed by atoms with Crippen molar-refractivity contribution in [1.82, 2.24) is 9.80 Å². The summed E-state index contributed by atoms with van der Waals surface area (Å²) in [7, 11) is 0. The van der Waals surface area contributed by atoms with E-state index in [0.29, 0.717) is 26.2 Å². The van der Waals surface area contributed by atoms with E-state index in [1.807, 2.05) is 0 Å². The van der Waals surface area contributed by atoms with Gasteiger partial charge in [-0.05, 0) is 19.4 Å². The van der Waals surface area contributed by atoms with E-state index in [0.717, 1.165) is 25.9 Å². The van der Waals surface area contributed by atoms with E-state index in [9.17, 15) is 9.59 Å². The third kappa shape index (κ3) is 3.09. The first kappa shape index (κ1) is 12.2. The second-order valence-electron chi connectivity index (χ2n) is 4.58. The van der Waals surface area contributed by atoms with Gasteiger partial charge in [-0.25, -0.2) is 4.79 Å². The number of amides is 1. The largest absolute Gasteiger partial charge is 0.481 e. The number of cyclic esters (lactones) is 1. The summed E-state index contributed by atoms with van der Waals surface area (Å²) in [5.41, 5.74) is 0. The lowest BCUT2D eigenvalue weighted by Crippen LogP contribution is -2.42. The van der Waals surface area contributed by atoms with E-state index in [-0.39, 0.29) is 12.0 Å². The van der Waals surface area contributed by atoms with Gasteiger partial charge in [0.2, 0.25) is 0 Å². The van der Waals surface area contributed by atoms with Crippen LogP contribution in [0, 0.1) is 5.92 Å². The maximum absolute atomic E-state index is 11.2. The van der Waals surface area contributed by atoms with Crippen molar-refractivity contribution in [3.8, 4) is 0 Å². The van der Waals surface area contributed by atoms with Crippen LogP contribution in [0.15, 0.2) is 0 Å². The minimum absolute atomic E-state index is 0.253. The van der Waals surface area contributed by atoms with Gasteiger partial charge in [-0.15, -0.1) is 0 Å². The predicted molar refractivity (Wildman–Crippen MR) is 59.7 cm³/mol. The van der Waals surface area contributed by atoms with Crippen LogP contribution in [0.2, 0.25) is 0 Å². The Morgan fingerprint density at radius 1 is 1.41 bits per heavy atom. The molecule has 2 aliphatic rings. The first-order chi connectivity index (χ1) is 8.16. The van der Waals surface area contributed by atoms with E-state index < -0.39 is 5.97 Å². The summed E-state index contributed by atoms with van der Waals surface area (Å²) in [5.74, 6) is -0.968. The summed E-state index contributed by atoms with van der Waals surface area (Å²) in [5, 5.41) is 8.97. The molecular formula is C11H18N2O4. The lowest BCUT2D eigenvalue weighted by molar-refractivity contribution is -0.143. The molecule has 0 aliphatic carbocycles. The van der Waals surface area contributed by atoms with Gasteiger partial charge in [0.05, 0.1) is 12.5 Å². The van der Waals surface area contributed by atoms with Gasteiger partial charge in [0.25, 0.3) is 0 Å². The van der Waals surface area contributed by atoms with Crippen molar-refractivity contribution in [2.75, 3.05) is 39.3 Å². The van der Waals surface area contributed by atoms with Crippen molar-refractivity contribution in [1.29, 1.82) is 0 Å². The molecule has 6 nitrogen and oxygen atoms in total. The van der Waals surface area contributed by atoms with Gasteiger partial charge in [0, 0.05) is 19.6 Å². The normalized spacial score (nSPS) is 26.0. The molecule has 0 aromatic carbocycles. The second-order valence-corrected chi connectivity index (χ2v) is 4.58. The standard InChI is InChI=1S/C11H18N2O4/c14-10(15)9-2-1-3-12(8-9)4-5-13-6-7-17-11(13)16/h9H,1-8H2,(H,14,15). The van der Waals surface area contributed by atoms with E-state index in [2.05, 4.69) is 4.90 Å². The Kier molecular flexibility index (Phi) is 3.83. The van der Waals surface area contributed by atoms with E-state index >= 15 is 0 Å². The maximum atomic E-state index is 11.2. The molecule has 2 heterocycles. The number of nitrogens with zero attached hydrogens (tertiary/aromatic N) is 2. The van der Waals surface area contributed by atoms with Crippen molar-refractivity contribution < 1.29 is 19.4 Å². The van der Waals surface area contributed by atoms with Gasteiger partial charge < -0.3 is 19.6 Å². The Balaban J connectivity index is 1.75. The Morgan fingerprint density at radius 2 is 2.24 bits per heavy atom. The van der Waals surface area contributed by atoms with Crippen LogP contribution in [0.25, 0.3) is 0 Å². The lowest BCUT2D eigenvalue weighted by atomic mass is 9.98. The monoisotopic (exact) mass is 242 g/mol. The third-order valence-electron chi connectivity index (χ3n) is 3.39. The number of carbonyl (C=O) groups is 2. The average Bonchev–Trinajstić information content (AvgIpc) is 2.72. The molecule has 2 saturated heterocycles. The summed E-state index contributed by atoms with van der Waals surface area (Å²) in [4.78, 5) is 25.9. The molecule has 0 saturated carbocycles. The molecule has 17 heavy (non-hydrogen) atoms. The number of carbonyl (C=O) groups excluding carboxylic acids is 1. The zero-order valence-electron chi connectivity index (χ0n) is 9.80. The highest BCUT2D eigenvalue weighted by atomic mass is 16.6. The summed E-state index contributed by atoms with van der Waals surface area (Å²) in [6.07, 6.45) is 1.43. The first-order valence-corrected chi connectivity index (χ1v) is 6.03. The van der Waals surface area contributed by atoms with Gasteiger partial charge >= 0.3 is 12.1 Å². The minimum Gasteiger partial charge on any atom is -0.481 e. The summed E-state index contributed by atoms with van der Waals surface area (Å²) in [6, 6.07) is 0. The molecule has 2 aliphatic heterocycles. The highest BCUT2D eigenvalue weighted by Crippen LogP contribution is 2.16. The molecule has 1 unspecified atom stereocenters. The number of piperidine rings is 1. The van der Waals surface area contributed by atoms with Gasteiger partial charge in [-0.1, -0.05) is 0 Å². The number of hydrogen-bond acceptors (Lipinski definition) is 4. The maximum Gasteiger partial charge on any atom is 0.409 e. The van der Waals surface area contributed by atoms with E-state index in [1.165, 1.54) is 0 Å². The lowest BCUT2D eigenvalue weighted by Gasteiger charge is -2.31. The number of likely N-dealkylation sites (tertiary alicyclic amines) is 1. The molecule has 0 aromatic heterocycles.